The molecule has 2 rings (SSSR count). The van der Waals surface area contributed by atoms with Gasteiger partial charge in [-0.2, -0.15) is 0 Å². The average Bonchev–Trinajstić information content (AvgIpc) is 2.34. The first-order valence-electron chi connectivity index (χ1n) is 3.13. The van der Waals surface area contributed by atoms with E-state index < -0.39 is 0 Å². The average molecular weight is 187 g/mol. The zero-order valence-electron chi connectivity index (χ0n) is 5.46. The molecule has 0 saturated carbocycles. The van der Waals surface area contributed by atoms with Crippen molar-refractivity contribution in [3.8, 4) is 0 Å². The van der Waals surface area contributed by atoms with Gasteiger partial charge in [-0.05, 0) is 6.08 Å². The van der Waals surface area contributed by atoms with Gasteiger partial charge in [-0.3, -0.25) is 0 Å². The number of hydrogen-bond donors (Lipinski definition) is 0. The molecule has 1 atom stereocenters. The Morgan fingerprint density at radius 1 is 1.36 bits per heavy atom. The van der Waals surface area contributed by atoms with Crippen LogP contribution in [0.5, 0.6) is 0 Å². The number of allylic oxidation sites excluding steroid dienone is 1. The first-order chi connectivity index (χ1) is 5.27. The minimum atomic E-state index is 0.0409. The van der Waals surface area contributed by atoms with E-state index in [0.717, 1.165) is 0 Å². The molecule has 0 saturated heterocycles. The van der Waals surface area contributed by atoms with Crippen molar-refractivity contribution in [3.63, 3.8) is 0 Å². The van der Waals surface area contributed by atoms with E-state index >= 15 is 0 Å². The highest BCUT2D eigenvalue weighted by Crippen LogP contribution is 2.27. The number of fused-ring (bicyclic) bond motifs is 1. The highest BCUT2D eigenvalue weighted by molar-refractivity contribution is 6.70. The molecule has 0 N–H and O–H groups in total. The predicted octanol–water partition coefficient (Wildman–Crippen LogP) is 2.30. The molecule has 0 radical (unpaired) electrons. The number of rotatable bonds is 0. The number of amidine groups is 1. The lowest BCUT2D eigenvalue weighted by atomic mass is 10.1. The first kappa shape index (κ1) is 7.07. The molecule has 0 aromatic carbocycles. The minimum Gasteiger partial charge on any atom is -0.241 e. The summed E-state index contributed by atoms with van der Waals surface area (Å²) in [5, 5.41) is 1.08. The van der Waals surface area contributed by atoms with Crippen LogP contribution in [0.4, 0.5) is 0 Å². The van der Waals surface area contributed by atoms with Crippen molar-refractivity contribution in [2.75, 3.05) is 0 Å². The molecule has 11 heavy (non-hydrogen) atoms. The Bertz CT molecular complexity index is 312. The van der Waals surface area contributed by atoms with E-state index in [9.17, 15) is 0 Å². The summed E-state index contributed by atoms with van der Waals surface area (Å²) in [6.07, 6.45) is 5.22. The Labute approximate surface area is 73.9 Å². The smallest absolute Gasteiger partial charge is 0.142 e. The number of nitrogens with zero attached hydrogens (tertiary/aromatic N) is 2. The van der Waals surface area contributed by atoms with Crippen LogP contribution in [-0.4, -0.2) is 11.0 Å². The summed E-state index contributed by atoms with van der Waals surface area (Å²) in [6.45, 7) is 0. The number of aliphatic imine (C=N–C) groups is 2. The van der Waals surface area contributed by atoms with Crippen LogP contribution >= 0.6 is 23.2 Å². The van der Waals surface area contributed by atoms with Gasteiger partial charge in [0.15, 0.2) is 0 Å². The van der Waals surface area contributed by atoms with Crippen LogP contribution < -0.4 is 0 Å². The highest BCUT2D eigenvalue weighted by atomic mass is 35.5. The summed E-state index contributed by atoms with van der Waals surface area (Å²) in [7, 11) is 0. The van der Waals surface area contributed by atoms with E-state index in [1.54, 1.807) is 12.3 Å². The molecule has 0 bridgehead atoms. The van der Waals surface area contributed by atoms with Crippen LogP contribution in [0.15, 0.2) is 33.4 Å². The lowest BCUT2D eigenvalue weighted by molar-refractivity contribution is 1.11. The normalized spacial score (nSPS) is 27.5. The summed E-state index contributed by atoms with van der Waals surface area (Å²) in [6, 6.07) is 0. The molecule has 2 heterocycles. The molecule has 2 aliphatic rings. The molecule has 0 aromatic rings. The maximum atomic E-state index is 5.88. The standard InChI is InChI=1S/C7H4Cl2N2/c8-5-3-6(9)11-7-4(5)1-2-10-7/h1-4H/t4-/m0/s1. The van der Waals surface area contributed by atoms with Crippen molar-refractivity contribution in [3.05, 3.63) is 23.4 Å². The topological polar surface area (TPSA) is 24.7 Å². The largest absolute Gasteiger partial charge is 0.241 e. The number of dihydropyridines is 1. The van der Waals surface area contributed by atoms with Crippen LogP contribution in [0.25, 0.3) is 0 Å². The van der Waals surface area contributed by atoms with Crippen molar-refractivity contribution in [2.24, 2.45) is 15.9 Å². The van der Waals surface area contributed by atoms with Crippen molar-refractivity contribution in [1.82, 2.24) is 0 Å². The quantitative estimate of drug-likeness (QED) is 0.555. The molecule has 0 aliphatic carbocycles. The van der Waals surface area contributed by atoms with E-state index in [0.29, 0.717) is 16.0 Å². The van der Waals surface area contributed by atoms with Crippen molar-refractivity contribution < 1.29 is 0 Å². The molecule has 4 heteroatoms. The third-order valence-corrected chi connectivity index (χ3v) is 2.08. The number of hydrogen-bond acceptors (Lipinski definition) is 2. The van der Waals surface area contributed by atoms with Gasteiger partial charge in [-0.1, -0.05) is 29.3 Å². The van der Waals surface area contributed by atoms with Crippen molar-refractivity contribution in [1.29, 1.82) is 0 Å². The van der Waals surface area contributed by atoms with Crippen molar-refractivity contribution >= 4 is 34.2 Å². The third-order valence-electron chi connectivity index (χ3n) is 1.54. The van der Waals surface area contributed by atoms with Gasteiger partial charge < -0.3 is 0 Å². The Balaban J connectivity index is 2.45. The van der Waals surface area contributed by atoms with E-state index in [2.05, 4.69) is 9.98 Å². The summed E-state index contributed by atoms with van der Waals surface area (Å²) >= 11 is 11.5. The Hall–Kier alpha value is -0.600. The van der Waals surface area contributed by atoms with Crippen LogP contribution in [0.3, 0.4) is 0 Å². The highest BCUT2D eigenvalue weighted by Gasteiger charge is 2.23. The molecule has 0 aromatic heterocycles. The number of halogens is 2. The van der Waals surface area contributed by atoms with Crippen LogP contribution in [0.1, 0.15) is 0 Å². The van der Waals surface area contributed by atoms with Crippen LogP contribution in [-0.2, 0) is 0 Å². The van der Waals surface area contributed by atoms with E-state index in [4.69, 9.17) is 23.2 Å². The Morgan fingerprint density at radius 2 is 2.18 bits per heavy atom. The fourth-order valence-electron chi connectivity index (χ4n) is 1.03. The monoisotopic (exact) mass is 186 g/mol. The molecular weight excluding hydrogens is 183 g/mol. The van der Waals surface area contributed by atoms with E-state index in [-0.39, 0.29) is 5.92 Å². The van der Waals surface area contributed by atoms with Gasteiger partial charge in [0.1, 0.15) is 11.0 Å². The Kier molecular flexibility index (Phi) is 1.59. The third kappa shape index (κ3) is 1.12. The van der Waals surface area contributed by atoms with Crippen molar-refractivity contribution in [2.45, 2.75) is 0 Å². The zero-order chi connectivity index (χ0) is 7.84. The first-order valence-corrected chi connectivity index (χ1v) is 3.88. The molecule has 0 spiro atoms. The summed E-state index contributed by atoms with van der Waals surface area (Å²) in [5.41, 5.74) is 0. The fourth-order valence-corrected chi connectivity index (χ4v) is 1.56. The second-order valence-electron chi connectivity index (χ2n) is 2.27. The van der Waals surface area contributed by atoms with Crippen LogP contribution in [0, 0.1) is 5.92 Å². The molecule has 2 aliphatic heterocycles. The maximum absolute atomic E-state index is 5.88. The molecule has 56 valence electrons. The van der Waals surface area contributed by atoms with E-state index in [1.807, 2.05) is 6.08 Å². The fraction of sp³-hybridized carbons (Fsp3) is 0.143. The van der Waals surface area contributed by atoms with Gasteiger partial charge in [0.05, 0.1) is 5.92 Å². The molecule has 0 unspecified atom stereocenters. The minimum absolute atomic E-state index is 0.0409. The van der Waals surface area contributed by atoms with Gasteiger partial charge in [0, 0.05) is 11.2 Å². The van der Waals surface area contributed by atoms with Gasteiger partial charge in [-0.25, -0.2) is 9.98 Å². The SMILES string of the molecule is ClC1=CC(Cl)=NC2=NC=C[C@@H]12. The Morgan fingerprint density at radius 3 is 3.00 bits per heavy atom. The van der Waals surface area contributed by atoms with Gasteiger partial charge in [0.2, 0.25) is 0 Å². The van der Waals surface area contributed by atoms with Crippen LogP contribution in [0.2, 0.25) is 0 Å². The van der Waals surface area contributed by atoms with Gasteiger partial charge >= 0.3 is 0 Å². The summed E-state index contributed by atoms with van der Waals surface area (Å²) in [5.74, 6) is 0.724. The van der Waals surface area contributed by atoms with Gasteiger partial charge in [-0.15, -0.1) is 0 Å². The maximum Gasteiger partial charge on any atom is 0.142 e. The molecule has 2 nitrogen and oxygen atoms in total. The lowest BCUT2D eigenvalue weighted by Gasteiger charge is -2.11. The van der Waals surface area contributed by atoms with E-state index in [1.165, 1.54) is 0 Å². The molecular formula is C7H4Cl2N2. The lowest BCUT2D eigenvalue weighted by Crippen LogP contribution is -2.13. The zero-order valence-corrected chi connectivity index (χ0v) is 6.97. The second-order valence-corrected chi connectivity index (χ2v) is 3.09. The summed E-state index contributed by atoms with van der Waals surface area (Å²) < 4.78 is 0. The molecule has 0 fully saturated rings. The molecule has 0 amide bonds. The second kappa shape index (κ2) is 2.47. The summed E-state index contributed by atoms with van der Waals surface area (Å²) in [4.78, 5) is 8.00. The predicted molar refractivity (Wildman–Crippen MR) is 47.3 cm³/mol. The van der Waals surface area contributed by atoms with Gasteiger partial charge in [0.25, 0.3) is 0 Å².